The Kier molecular flexibility index (Phi) is 4.79. The van der Waals surface area contributed by atoms with Crippen LogP contribution in [0.15, 0.2) is 36.7 Å². The van der Waals surface area contributed by atoms with E-state index < -0.39 is 6.61 Å². The zero-order valence-electron chi connectivity index (χ0n) is 11.2. The summed E-state index contributed by atoms with van der Waals surface area (Å²) in [4.78, 5) is 19.5. The minimum Gasteiger partial charge on any atom is -0.496 e. The van der Waals surface area contributed by atoms with Crippen molar-refractivity contribution in [1.82, 2.24) is 9.97 Å². The minimum absolute atomic E-state index is 0.327. The fourth-order valence-corrected chi connectivity index (χ4v) is 1.88. The predicted molar refractivity (Wildman–Crippen MR) is 73.9 cm³/mol. The van der Waals surface area contributed by atoms with Crippen molar-refractivity contribution < 1.29 is 14.6 Å². The van der Waals surface area contributed by atoms with Crippen LogP contribution in [0.5, 0.6) is 5.75 Å². The van der Waals surface area contributed by atoms with Crippen molar-refractivity contribution in [3.05, 3.63) is 53.6 Å². The van der Waals surface area contributed by atoms with Gasteiger partial charge in [-0.25, -0.2) is 9.97 Å². The van der Waals surface area contributed by atoms with E-state index in [9.17, 15) is 4.79 Å². The van der Waals surface area contributed by atoms with Gasteiger partial charge in [0.25, 0.3) is 0 Å². The molecule has 0 aliphatic rings. The molecule has 0 atom stereocenters. The van der Waals surface area contributed by atoms with Gasteiger partial charge in [0.05, 0.1) is 12.7 Å². The molecule has 0 radical (unpaired) electrons. The van der Waals surface area contributed by atoms with E-state index in [-0.39, 0.29) is 5.78 Å². The summed E-state index contributed by atoms with van der Waals surface area (Å²) in [6.07, 6.45) is 4.32. The molecule has 1 N–H and O–H groups in total. The molecule has 1 aromatic carbocycles. The molecule has 0 saturated carbocycles. The van der Waals surface area contributed by atoms with E-state index in [1.165, 1.54) is 12.4 Å². The number of benzene rings is 1. The van der Waals surface area contributed by atoms with E-state index in [2.05, 4.69) is 9.97 Å². The maximum absolute atomic E-state index is 11.2. The lowest BCUT2D eigenvalue weighted by Gasteiger charge is -2.07. The van der Waals surface area contributed by atoms with Crippen LogP contribution < -0.4 is 4.74 Å². The Balaban J connectivity index is 2.02. The predicted octanol–water partition coefficient (Wildman–Crippen LogP) is 1.45. The molecule has 0 unspecified atom stereocenters. The molecular formula is C15H16N2O3. The second-order valence-corrected chi connectivity index (χ2v) is 4.28. The average Bonchev–Trinajstić information content (AvgIpc) is 2.53. The summed E-state index contributed by atoms with van der Waals surface area (Å²) >= 11 is 0. The van der Waals surface area contributed by atoms with Crippen LogP contribution >= 0.6 is 0 Å². The van der Waals surface area contributed by atoms with E-state index in [4.69, 9.17) is 9.84 Å². The molecule has 0 aliphatic carbocycles. The first kappa shape index (κ1) is 14.1. The fraction of sp³-hybridized carbons (Fsp3) is 0.267. The number of hydrogen-bond acceptors (Lipinski definition) is 5. The van der Waals surface area contributed by atoms with Crippen LogP contribution in [0.3, 0.4) is 0 Å². The SMILES string of the molecule is COc1ccccc1CCc1ncc(C(=O)CO)cn1. The number of ether oxygens (including phenoxy) is 1. The number of aromatic nitrogens is 2. The second kappa shape index (κ2) is 6.77. The van der Waals surface area contributed by atoms with Crippen LogP contribution in [0, 0.1) is 0 Å². The van der Waals surface area contributed by atoms with Crippen molar-refractivity contribution in [2.45, 2.75) is 12.8 Å². The summed E-state index contributed by atoms with van der Waals surface area (Å²) in [5.41, 5.74) is 1.42. The molecule has 5 heteroatoms. The van der Waals surface area contributed by atoms with E-state index in [0.29, 0.717) is 17.8 Å². The zero-order chi connectivity index (χ0) is 14.4. The molecule has 1 aromatic heterocycles. The lowest BCUT2D eigenvalue weighted by Crippen LogP contribution is -2.07. The molecule has 0 fully saturated rings. The van der Waals surface area contributed by atoms with Gasteiger partial charge in [0, 0.05) is 18.8 Å². The maximum atomic E-state index is 11.2. The van der Waals surface area contributed by atoms with Gasteiger partial charge in [-0.05, 0) is 18.1 Å². The highest BCUT2D eigenvalue weighted by Crippen LogP contribution is 2.18. The summed E-state index contributed by atoms with van der Waals surface area (Å²) in [6.45, 7) is -0.524. The largest absolute Gasteiger partial charge is 0.496 e. The first-order chi connectivity index (χ1) is 9.74. The Bertz CT molecular complexity index is 582. The zero-order valence-corrected chi connectivity index (χ0v) is 11.2. The molecule has 0 aliphatic heterocycles. The number of para-hydroxylation sites is 1. The third-order valence-corrected chi connectivity index (χ3v) is 2.98. The Morgan fingerprint density at radius 2 is 1.90 bits per heavy atom. The van der Waals surface area contributed by atoms with Gasteiger partial charge in [-0.15, -0.1) is 0 Å². The Hall–Kier alpha value is -2.27. The number of rotatable bonds is 6. The number of carbonyl (C=O) groups is 1. The van der Waals surface area contributed by atoms with Crippen molar-refractivity contribution in [2.24, 2.45) is 0 Å². The molecule has 0 saturated heterocycles. The van der Waals surface area contributed by atoms with Crippen LogP contribution in [0.2, 0.25) is 0 Å². The number of ketones is 1. The van der Waals surface area contributed by atoms with Gasteiger partial charge in [-0.1, -0.05) is 18.2 Å². The molecule has 0 spiro atoms. The smallest absolute Gasteiger partial charge is 0.191 e. The molecule has 20 heavy (non-hydrogen) atoms. The fourth-order valence-electron chi connectivity index (χ4n) is 1.88. The summed E-state index contributed by atoms with van der Waals surface area (Å²) < 4.78 is 5.29. The highest BCUT2D eigenvalue weighted by molar-refractivity contribution is 5.96. The number of nitrogens with zero attached hydrogens (tertiary/aromatic N) is 2. The number of aliphatic hydroxyl groups is 1. The third kappa shape index (κ3) is 3.39. The normalized spacial score (nSPS) is 10.3. The van der Waals surface area contributed by atoms with Crippen LogP contribution in [0.25, 0.3) is 0 Å². The van der Waals surface area contributed by atoms with Crippen molar-refractivity contribution in [2.75, 3.05) is 13.7 Å². The highest BCUT2D eigenvalue weighted by Gasteiger charge is 2.07. The maximum Gasteiger partial charge on any atom is 0.191 e. The standard InChI is InChI=1S/C15H16N2O3/c1-20-14-5-3-2-4-11(14)6-7-15-16-8-12(9-17-15)13(19)10-18/h2-5,8-9,18H,6-7,10H2,1H3. The molecule has 1 heterocycles. The van der Waals surface area contributed by atoms with E-state index in [0.717, 1.165) is 17.7 Å². The van der Waals surface area contributed by atoms with Crippen molar-refractivity contribution in [3.8, 4) is 5.75 Å². The molecule has 2 aromatic rings. The second-order valence-electron chi connectivity index (χ2n) is 4.28. The lowest BCUT2D eigenvalue weighted by molar-refractivity contribution is 0.0903. The number of carbonyl (C=O) groups excluding carboxylic acids is 1. The number of hydrogen-bond donors (Lipinski definition) is 1. The third-order valence-electron chi connectivity index (χ3n) is 2.98. The van der Waals surface area contributed by atoms with E-state index in [1.807, 2.05) is 24.3 Å². The van der Waals surface area contributed by atoms with Gasteiger partial charge in [0.1, 0.15) is 18.2 Å². The molecular weight excluding hydrogens is 256 g/mol. The lowest BCUT2D eigenvalue weighted by atomic mass is 10.1. The number of aliphatic hydroxyl groups excluding tert-OH is 1. The first-order valence-corrected chi connectivity index (χ1v) is 6.31. The first-order valence-electron chi connectivity index (χ1n) is 6.31. The molecule has 0 amide bonds. The molecule has 0 bridgehead atoms. The summed E-state index contributed by atoms with van der Waals surface area (Å²) in [5.74, 6) is 1.13. The van der Waals surface area contributed by atoms with Gasteiger partial charge < -0.3 is 9.84 Å². The van der Waals surface area contributed by atoms with Gasteiger partial charge in [0.15, 0.2) is 5.78 Å². The monoisotopic (exact) mass is 272 g/mol. The highest BCUT2D eigenvalue weighted by atomic mass is 16.5. The van der Waals surface area contributed by atoms with E-state index in [1.54, 1.807) is 7.11 Å². The number of methoxy groups -OCH3 is 1. The van der Waals surface area contributed by atoms with Gasteiger partial charge >= 0.3 is 0 Å². The van der Waals surface area contributed by atoms with Crippen LogP contribution in [-0.2, 0) is 12.8 Å². The van der Waals surface area contributed by atoms with E-state index >= 15 is 0 Å². The molecule has 104 valence electrons. The Labute approximate surface area is 117 Å². The van der Waals surface area contributed by atoms with Crippen LogP contribution in [0.1, 0.15) is 21.7 Å². The van der Waals surface area contributed by atoms with Gasteiger partial charge in [0.2, 0.25) is 0 Å². The minimum atomic E-state index is -0.524. The Morgan fingerprint density at radius 3 is 2.55 bits per heavy atom. The van der Waals surface area contributed by atoms with Crippen molar-refractivity contribution in [1.29, 1.82) is 0 Å². The van der Waals surface area contributed by atoms with Gasteiger partial charge in [-0.3, -0.25) is 4.79 Å². The average molecular weight is 272 g/mol. The number of aryl methyl sites for hydroxylation is 2. The van der Waals surface area contributed by atoms with Crippen LogP contribution in [0.4, 0.5) is 0 Å². The topological polar surface area (TPSA) is 72.3 Å². The quantitative estimate of drug-likeness (QED) is 0.806. The molecule has 2 rings (SSSR count). The van der Waals surface area contributed by atoms with Crippen molar-refractivity contribution in [3.63, 3.8) is 0 Å². The summed E-state index contributed by atoms with van der Waals surface area (Å²) in [6, 6.07) is 7.80. The van der Waals surface area contributed by atoms with Crippen molar-refractivity contribution >= 4 is 5.78 Å². The Morgan fingerprint density at radius 1 is 1.20 bits per heavy atom. The molecule has 5 nitrogen and oxygen atoms in total. The van der Waals surface area contributed by atoms with Gasteiger partial charge in [-0.2, -0.15) is 0 Å². The summed E-state index contributed by atoms with van der Waals surface area (Å²) in [5, 5.41) is 8.75. The number of Topliss-reactive ketones (excluding diaryl/α,β-unsaturated/α-hetero) is 1. The van der Waals surface area contributed by atoms with Crippen LogP contribution in [-0.4, -0.2) is 34.6 Å². The summed E-state index contributed by atoms with van der Waals surface area (Å²) in [7, 11) is 1.64.